The van der Waals surface area contributed by atoms with Crippen molar-refractivity contribution in [2.24, 2.45) is 0 Å². The molecule has 0 aromatic carbocycles. The Kier molecular flexibility index (Phi) is 1.52. The van der Waals surface area contributed by atoms with Gasteiger partial charge in [0, 0.05) is 0 Å². The molecule has 1 saturated heterocycles. The van der Waals surface area contributed by atoms with Gasteiger partial charge in [-0.05, 0) is 19.1 Å². The summed E-state index contributed by atoms with van der Waals surface area (Å²) in [6.45, 7) is 2.10. The number of epoxide rings is 1. The van der Waals surface area contributed by atoms with Crippen molar-refractivity contribution in [3.63, 3.8) is 0 Å². The van der Waals surface area contributed by atoms with Gasteiger partial charge in [0.25, 0.3) is 0 Å². The van der Waals surface area contributed by atoms with E-state index < -0.39 is 17.5 Å². The van der Waals surface area contributed by atoms with Crippen LogP contribution in [0.2, 0.25) is 0 Å². The fourth-order valence-corrected chi connectivity index (χ4v) is 1.02. The summed E-state index contributed by atoms with van der Waals surface area (Å²) in [5, 5.41) is 0. The molecule has 1 aromatic heterocycles. The van der Waals surface area contributed by atoms with Gasteiger partial charge in [-0.15, -0.1) is 0 Å². The first-order valence-corrected chi connectivity index (χ1v) is 3.73. The smallest absolute Gasteiger partial charge is 0.449 e. The van der Waals surface area contributed by atoms with Crippen molar-refractivity contribution in [2.75, 3.05) is 6.61 Å². The molecule has 0 amide bonds. The first-order valence-electron chi connectivity index (χ1n) is 3.73. The molecule has 0 radical (unpaired) electrons. The summed E-state index contributed by atoms with van der Waals surface area (Å²) < 4.78 is 45.8. The summed E-state index contributed by atoms with van der Waals surface area (Å²) in [6.07, 6.45) is -4.41. The number of furan rings is 1. The zero-order chi connectivity index (χ0) is 9.69. The maximum absolute atomic E-state index is 12.1. The maximum Gasteiger partial charge on any atom is 0.449 e. The molecular weight excluding hydrogens is 185 g/mol. The zero-order valence-electron chi connectivity index (χ0n) is 6.81. The van der Waals surface area contributed by atoms with E-state index in [1.165, 1.54) is 6.07 Å². The number of alkyl halides is 3. The molecule has 1 aliphatic heterocycles. The van der Waals surface area contributed by atoms with E-state index >= 15 is 0 Å². The fraction of sp³-hybridized carbons (Fsp3) is 0.500. The van der Waals surface area contributed by atoms with Crippen LogP contribution < -0.4 is 0 Å². The summed E-state index contributed by atoms with van der Waals surface area (Å²) in [5.74, 6) is -0.737. The van der Waals surface area contributed by atoms with E-state index in [0.29, 0.717) is 6.61 Å². The Balaban J connectivity index is 2.29. The highest BCUT2D eigenvalue weighted by Crippen LogP contribution is 2.41. The Morgan fingerprint density at radius 3 is 2.38 bits per heavy atom. The lowest BCUT2D eigenvalue weighted by atomic mass is 10.1. The first-order chi connectivity index (χ1) is 5.92. The summed E-state index contributed by atoms with van der Waals surface area (Å²) in [4.78, 5) is 0. The Hall–Kier alpha value is -0.970. The molecule has 1 aliphatic rings. The molecule has 13 heavy (non-hydrogen) atoms. The molecule has 0 saturated carbocycles. The van der Waals surface area contributed by atoms with Gasteiger partial charge in [-0.2, -0.15) is 13.2 Å². The Labute approximate surface area is 72.3 Å². The minimum atomic E-state index is -4.41. The van der Waals surface area contributed by atoms with Crippen molar-refractivity contribution < 1.29 is 22.3 Å². The van der Waals surface area contributed by atoms with E-state index in [2.05, 4.69) is 4.42 Å². The van der Waals surface area contributed by atoms with Crippen LogP contribution in [0, 0.1) is 0 Å². The predicted molar refractivity (Wildman–Crippen MR) is 37.0 cm³/mol. The molecule has 0 bridgehead atoms. The van der Waals surface area contributed by atoms with Crippen LogP contribution in [0.3, 0.4) is 0 Å². The van der Waals surface area contributed by atoms with Gasteiger partial charge in [0.2, 0.25) is 5.76 Å². The van der Waals surface area contributed by atoms with Crippen molar-refractivity contribution in [2.45, 2.75) is 18.7 Å². The van der Waals surface area contributed by atoms with Crippen molar-refractivity contribution in [3.05, 3.63) is 23.7 Å². The maximum atomic E-state index is 12.1. The Morgan fingerprint density at radius 2 is 2.00 bits per heavy atom. The van der Waals surface area contributed by atoms with Gasteiger partial charge in [0.05, 0.1) is 6.61 Å². The van der Waals surface area contributed by atoms with Crippen LogP contribution in [0.5, 0.6) is 0 Å². The third-order valence-corrected chi connectivity index (χ3v) is 1.98. The van der Waals surface area contributed by atoms with Gasteiger partial charge in [0.15, 0.2) is 0 Å². The molecule has 2 nitrogen and oxygen atoms in total. The number of ether oxygens (including phenoxy) is 1. The zero-order valence-corrected chi connectivity index (χ0v) is 6.81. The van der Waals surface area contributed by atoms with E-state index in [-0.39, 0.29) is 5.76 Å². The van der Waals surface area contributed by atoms with Crippen molar-refractivity contribution in [1.82, 2.24) is 0 Å². The second kappa shape index (κ2) is 2.29. The summed E-state index contributed by atoms with van der Waals surface area (Å²) >= 11 is 0. The van der Waals surface area contributed by atoms with Crippen LogP contribution in [0.25, 0.3) is 0 Å². The summed E-state index contributed by atoms with van der Waals surface area (Å²) in [5.41, 5.74) is -0.635. The standard InChI is InChI=1S/C8H7F3O2/c1-7(4-12-7)5-2-3-6(13-5)8(9,10)11/h2-3H,4H2,1H3. The van der Waals surface area contributed by atoms with Gasteiger partial charge in [-0.3, -0.25) is 0 Å². The number of halogens is 3. The Morgan fingerprint density at radius 1 is 1.38 bits per heavy atom. The van der Waals surface area contributed by atoms with E-state index in [0.717, 1.165) is 6.07 Å². The van der Waals surface area contributed by atoms with E-state index in [1.54, 1.807) is 6.92 Å². The van der Waals surface area contributed by atoms with Crippen molar-refractivity contribution in [3.8, 4) is 0 Å². The highest BCUT2D eigenvalue weighted by atomic mass is 19.4. The molecule has 2 rings (SSSR count). The molecule has 0 aliphatic carbocycles. The third kappa shape index (κ3) is 1.44. The highest BCUT2D eigenvalue weighted by molar-refractivity contribution is 5.18. The summed E-state index contributed by atoms with van der Waals surface area (Å²) in [6, 6.07) is 2.22. The van der Waals surface area contributed by atoms with Gasteiger partial charge < -0.3 is 9.15 Å². The third-order valence-electron chi connectivity index (χ3n) is 1.98. The molecule has 2 heterocycles. The molecule has 1 unspecified atom stereocenters. The number of hydrogen-bond acceptors (Lipinski definition) is 2. The number of rotatable bonds is 1. The predicted octanol–water partition coefficient (Wildman–Crippen LogP) is 2.54. The van der Waals surface area contributed by atoms with E-state index in [4.69, 9.17) is 4.74 Å². The van der Waals surface area contributed by atoms with E-state index in [1.807, 2.05) is 0 Å². The largest absolute Gasteiger partial charge is 0.453 e. The van der Waals surface area contributed by atoms with Crippen molar-refractivity contribution >= 4 is 0 Å². The molecule has 0 spiro atoms. The van der Waals surface area contributed by atoms with Crippen LogP contribution in [0.4, 0.5) is 13.2 Å². The van der Waals surface area contributed by atoms with Crippen LogP contribution in [0.1, 0.15) is 18.4 Å². The quantitative estimate of drug-likeness (QED) is 0.639. The lowest BCUT2D eigenvalue weighted by molar-refractivity contribution is -0.153. The second-order valence-electron chi connectivity index (χ2n) is 3.18. The molecule has 72 valence electrons. The summed E-state index contributed by atoms with van der Waals surface area (Å²) in [7, 11) is 0. The van der Waals surface area contributed by atoms with Gasteiger partial charge in [-0.1, -0.05) is 0 Å². The average molecular weight is 192 g/mol. The topological polar surface area (TPSA) is 25.7 Å². The molecule has 1 atom stereocenters. The molecular formula is C8H7F3O2. The molecule has 0 N–H and O–H groups in total. The first kappa shape index (κ1) is 8.62. The molecule has 1 aromatic rings. The van der Waals surface area contributed by atoms with E-state index in [9.17, 15) is 13.2 Å². The Bertz CT molecular complexity index is 303. The van der Waals surface area contributed by atoms with Crippen LogP contribution in [-0.2, 0) is 16.5 Å². The minimum absolute atomic E-state index is 0.236. The normalized spacial score (nSPS) is 27.7. The number of hydrogen-bond donors (Lipinski definition) is 0. The minimum Gasteiger partial charge on any atom is -0.453 e. The van der Waals surface area contributed by atoms with Crippen LogP contribution in [0.15, 0.2) is 16.5 Å². The monoisotopic (exact) mass is 192 g/mol. The van der Waals surface area contributed by atoms with Crippen LogP contribution in [-0.4, -0.2) is 6.61 Å². The fourth-order valence-electron chi connectivity index (χ4n) is 1.02. The second-order valence-corrected chi connectivity index (χ2v) is 3.18. The molecule has 1 fully saturated rings. The SMILES string of the molecule is CC1(c2ccc(C(F)(F)F)o2)CO1. The lowest BCUT2D eigenvalue weighted by Crippen LogP contribution is -2.03. The van der Waals surface area contributed by atoms with Crippen molar-refractivity contribution in [1.29, 1.82) is 0 Å². The molecule has 5 heteroatoms. The van der Waals surface area contributed by atoms with Gasteiger partial charge in [0.1, 0.15) is 11.4 Å². The lowest BCUT2D eigenvalue weighted by Gasteiger charge is -2.02. The average Bonchev–Trinajstić information content (AvgIpc) is 2.60. The van der Waals surface area contributed by atoms with Gasteiger partial charge in [-0.25, -0.2) is 0 Å². The van der Waals surface area contributed by atoms with Gasteiger partial charge >= 0.3 is 6.18 Å². The highest BCUT2D eigenvalue weighted by Gasteiger charge is 2.46. The van der Waals surface area contributed by atoms with Crippen LogP contribution >= 0.6 is 0 Å².